The van der Waals surface area contributed by atoms with Gasteiger partial charge in [-0.1, -0.05) is 26.7 Å². The predicted molar refractivity (Wildman–Crippen MR) is 53.6 cm³/mol. The molecule has 0 aromatic rings. The van der Waals surface area contributed by atoms with Crippen LogP contribution in [0.15, 0.2) is 0 Å². The standard InChI is InChI=1S/C8H15N2.C2H6.Re/c1-10-5-7-2-3-8(6-10)9-4-7;1-2;/h7-8H,2-6H2,1H3;1-2H3;/q-1;;. The first-order valence-corrected chi connectivity index (χ1v) is 5.20. The summed E-state index contributed by atoms with van der Waals surface area (Å²) in [4.78, 5) is 2.43. The molecule has 79 valence electrons. The van der Waals surface area contributed by atoms with Crippen molar-refractivity contribution in [3.63, 3.8) is 0 Å². The van der Waals surface area contributed by atoms with Gasteiger partial charge in [-0.15, -0.1) is 12.6 Å². The topological polar surface area (TPSA) is 17.3 Å². The van der Waals surface area contributed by atoms with E-state index < -0.39 is 0 Å². The van der Waals surface area contributed by atoms with Crippen molar-refractivity contribution < 1.29 is 20.4 Å². The number of nitrogens with zero attached hydrogens (tertiary/aromatic N) is 2. The van der Waals surface area contributed by atoms with Crippen LogP contribution in [0.1, 0.15) is 26.7 Å². The van der Waals surface area contributed by atoms with Crippen LogP contribution in [0.2, 0.25) is 0 Å². The van der Waals surface area contributed by atoms with Crippen molar-refractivity contribution in [3.8, 4) is 0 Å². The van der Waals surface area contributed by atoms with Crippen LogP contribution in [0.5, 0.6) is 0 Å². The van der Waals surface area contributed by atoms with Gasteiger partial charge in [0.2, 0.25) is 0 Å². The molecule has 0 spiro atoms. The van der Waals surface area contributed by atoms with Gasteiger partial charge in [-0.3, -0.25) is 0 Å². The Morgan fingerprint density at radius 2 is 1.85 bits per heavy atom. The minimum absolute atomic E-state index is 0. The van der Waals surface area contributed by atoms with Crippen LogP contribution in [0.25, 0.3) is 5.32 Å². The molecule has 3 saturated heterocycles. The van der Waals surface area contributed by atoms with E-state index in [1.165, 1.54) is 25.9 Å². The average Bonchev–Trinajstić information content (AvgIpc) is 2.38. The second-order valence-electron chi connectivity index (χ2n) is 3.68. The van der Waals surface area contributed by atoms with E-state index in [0.717, 1.165) is 12.5 Å². The normalized spacial score (nSPS) is 32.5. The van der Waals surface area contributed by atoms with E-state index in [2.05, 4.69) is 17.3 Å². The Bertz CT molecular complexity index is 108. The van der Waals surface area contributed by atoms with Gasteiger partial charge in [-0.05, 0) is 26.1 Å². The van der Waals surface area contributed by atoms with E-state index in [1.807, 2.05) is 13.8 Å². The smallest absolute Gasteiger partial charge is 0 e. The van der Waals surface area contributed by atoms with Crippen molar-refractivity contribution in [2.75, 3.05) is 26.7 Å². The second kappa shape index (κ2) is 6.95. The van der Waals surface area contributed by atoms with Gasteiger partial charge >= 0.3 is 0 Å². The molecule has 3 heterocycles. The third-order valence-electron chi connectivity index (χ3n) is 2.62. The van der Waals surface area contributed by atoms with Gasteiger partial charge in [0.25, 0.3) is 0 Å². The van der Waals surface area contributed by atoms with Crippen LogP contribution < -0.4 is 0 Å². The van der Waals surface area contributed by atoms with Gasteiger partial charge in [0.05, 0.1) is 0 Å². The van der Waals surface area contributed by atoms with Crippen molar-refractivity contribution in [2.24, 2.45) is 5.92 Å². The van der Waals surface area contributed by atoms with E-state index in [-0.39, 0.29) is 20.4 Å². The molecule has 2 unspecified atom stereocenters. The summed E-state index contributed by atoms with van der Waals surface area (Å²) in [5, 5.41) is 4.60. The summed E-state index contributed by atoms with van der Waals surface area (Å²) in [5.74, 6) is 0.878. The molecule has 3 fully saturated rings. The van der Waals surface area contributed by atoms with E-state index in [0.29, 0.717) is 6.04 Å². The van der Waals surface area contributed by atoms with E-state index in [9.17, 15) is 0 Å². The second-order valence-corrected chi connectivity index (χ2v) is 3.68. The van der Waals surface area contributed by atoms with E-state index in [4.69, 9.17) is 0 Å². The number of piperidine rings is 1. The molecule has 0 aromatic heterocycles. The molecule has 2 nitrogen and oxygen atoms in total. The molecule has 1 radical (unpaired) electrons. The maximum absolute atomic E-state index is 4.60. The van der Waals surface area contributed by atoms with E-state index >= 15 is 0 Å². The first-order chi connectivity index (χ1) is 5.84. The number of likely N-dealkylation sites (N-methyl/N-ethyl adjacent to an activating group) is 1. The van der Waals surface area contributed by atoms with Gasteiger partial charge in [0.1, 0.15) is 0 Å². The monoisotopic (exact) mass is 356 g/mol. The molecule has 0 saturated carbocycles. The van der Waals surface area contributed by atoms with Crippen molar-refractivity contribution in [2.45, 2.75) is 32.7 Å². The maximum atomic E-state index is 4.60. The Balaban J connectivity index is 0.000000451. The zero-order valence-electron chi connectivity index (χ0n) is 8.96. The van der Waals surface area contributed by atoms with Crippen molar-refractivity contribution >= 4 is 0 Å². The third kappa shape index (κ3) is 4.08. The van der Waals surface area contributed by atoms with Crippen LogP contribution in [0, 0.1) is 5.92 Å². The van der Waals surface area contributed by atoms with Crippen molar-refractivity contribution in [1.29, 1.82) is 0 Å². The van der Waals surface area contributed by atoms with Gasteiger partial charge in [0, 0.05) is 20.4 Å². The third-order valence-corrected chi connectivity index (χ3v) is 2.62. The maximum Gasteiger partial charge on any atom is 0 e. The molecular weight excluding hydrogens is 334 g/mol. The first kappa shape index (κ1) is 13.6. The van der Waals surface area contributed by atoms with Crippen LogP contribution in [-0.2, 0) is 20.4 Å². The van der Waals surface area contributed by atoms with Crippen molar-refractivity contribution in [3.05, 3.63) is 5.32 Å². The number of hydrogen-bond donors (Lipinski definition) is 0. The van der Waals surface area contributed by atoms with Crippen LogP contribution in [0.3, 0.4) is 0 Å². The molecule has 2 bridgehead atoms. The summed E-state index contributed by atoms with van der Waals surface area (Å²) in [7, 11) is 2.21. The summed E-state index contributed by atoms with van der Waals surface area (Å²) >= 11 is 0. The first-order valence-electron chi connectivity index (χ1n) is 5.20. The van der Waals surface area contributed by atoms with Gasteiger partial charge < -0.3 is 10.2 Å². The summed E-state index contributed by atoms with van der Waals surface area (Å²) in [5.41, 5.74) is 0. The number of fused-ring (bicyclic) bond motifs is 4. The zero-order chi connectivity index (χ0) is 8.97. The molecule has 13 heavy (non-hydrogen) atoms. The predicted octanol–water partition coefficient (Wildman–Crippen LogP) is 2.11. The molecule has 3 aliphatic heterocycles. The minimum atomic E-state index is 0. The number of rotatable bonds is 0. The van der Waals surface area contributed by atoms with Crippen molar-refractivity contribution in [1.82, 2.24) is 4.90 Å². The molecule has 0 aromatic carbocycles. The fourth-order valence-electron chi connectivity index (χ4n) is 2.08. The zero-order valence-corrected chi connectivity index (χ0v) is 11.7. The molecule has 3 heteroatoms. The summed E-state index contributed by atoms with van der Waals surface area (Å²) in [6, 6.07) is 0.670. The average molecular weight is 355 g/mol. The molecule has 3 rings (SSSR count). The Morgan fingerprint density at radius 3 is 2.38 bits per heavy atom. The fourth-order valence-corrected chi connectivity index (χ4v) is 2.08. The number of hydrogen-bond acceptors (Lipinski definition) is 1. The molecule has 3 aliphatic rings. The van der Waals surface area contributed by atoms with E-state index in [1.54, 1.807) is 0 Å². The fraction of sp³-hybridized carbons (Fsp3) is 1.00. The Labute approximate surface area is 96.1 Å². The molecular formula is C10H21N2Re-. The summed E-state index contributed by atoms with van der Waals surface area (Å²) in [6.07, 6.45) is 2.76. The summed E-state index contributed by atoms with van der Waals surface area (Å²) in [6.45, 7) is 7.62. The largest absolute Gasteiger partial charge is 0.658 e. The van der Waals surface area contributed by atoms with Crippen LogP contribution >= 0.6 is 0 Å². The molecule has 2 atom stereocenters. The Morgan fingerprint density at radius 1 is 1.15 bits per heavy atom. The van der Waals surface area contributed by atoms with Gasteiger partial charge in [-0.2, -0.15) is 0 Å². The summed E-state index contributed by atoms with van der Waals surface area (Å²) < 4.78 is 0. The SMILES string of the molecule is CC.CN1CC2CCC(C1)[N-]C2.[Re]. The molecule has 0 aliphatic carbocycles. The van der Waals surface area contributed by atoms with Gasteiger partial charge in [0.15, 0.2) is 0 Å². The van der Waals surface area contributed by atoms with Gasteiger partial charge in [-0.25, -0.2) is 0 Å². The quantitative estimate of drug-likeness (QED) is 0.651. The molecule has 0 N–H and O–H groups in total. The van der Waals surface area contributed by atoms with Crippen LogP contribution in [-0.4, -0.2) is 37.6 Å². The minimum Gasteiger partial charge on any atom is -0.658 e. The van der Waals surface area contributed by atoms with Crippen LogP contribution in [0.4, 0.5) is 0 Å². The Hall–Kier alpha value is 0.582. The molecule has 0 amide bonds. The Kier molecular flexibility index (Phi) is 7.26.